The molecule has 158 valence electrons. The number of fused-ring (bicyclic) bond motifs is 2. The molecule has 1 aromatic heterocycles. The molecule has 2 aromatic carbocycles. The first kappa shape index (κ1) is 20.5. The molecule has 3 amide bonds. The lowest BCUT2D eigenvalue weighted by Crippen LogP contribution is -2.35. The Hall–Kier alpha value is -3.72. The zero-order valence-electron chi connectivity index (χ0n) is 17.0. The molecule has 2 heterocycles. The topological polar surface area (TPSA) is 90.2 Å². The van der Waals surface area contributed by atoms with Crippen molar-refractivity contribution in [2.45, 2.75) is 6.54 Å². The van der Waals surface area contributed by atoms with E-state index in [1.165, 1.54) is 11.3 Å². The lowest BCUT2D eigenvalue weighted by Gasteiger charge is -2.10. The van der Waals surface area contributed by atoms with Gasteiger partial charge in [-0.1, -0.05) is 29.5 Å². The van der Waals surface area contributed by atoms with Crippen LogP contribution < -0.4 is 14.3 Å². The standard InChI is InChI=1S/C22H19N3O5S/c1-4-9-24-15-10-16(29-2)17(30-3)11-18(15)31-22(24)23-19(26)12-25-20(27)13-7-5-6-8-14(13)21(25)28/h4-8,10-11H,1,9,12H2,2-3H3. The van der Waals surface area contributed by atoms with Gasteiger partial charge in [-0.25, -0.2) is 0 Å². The molecule has 3 aromatic rings. The summed E-state index contributed by atoms with van der Waals surface area (Å²) < 4.78 is 13.4. The minimum Gasteiger partial charge on any atom is -0.493 e. The van der Waals surface area contributed by atoms with Crippen LogP contribution in [-0.2, 0) is 11.3 Å². The molecule has 0 atom stereocenters. The van der Waals surface area contributed by atoms with Crippen molar-refractivity contribution < 1.29 is 23.9 Å². The van der Waals surface area contributed by atoms with E-state index < -0.39 is 24.3 Å². The highest BCUT2D eigenvalue weighted by Gasteiger charge is 2.36. The number of amides is 3. The van der Waals surface area contributed by atoms with E-state index in [0.29, 0.717) is 34.0 Å². The van der Waals surface area contributed by atoms with Crippen LogP contribution in [0.1, 0.15) is 20.7 Å². The van der Waals surface area contributed by atoms with Gasteiger partial charge >= 0.3 is 0 Å². The van der Waals surface area contributed by atoms with Gasteiger partial charge < -0.3 is 14.0 Å². The summed E-state index contributed by atoms with van der Waals surface area (Å²) in [6.45, 7) is 3.75. The molecule has 0 spiro atoms. The fourth-order valence-electron chi connectivity index (χ4n) is 3.45. The highest BCUT2D eigenvalue weighted by atomic mass is 32.1. The second-order valence-corrected chi connectivity index (χ2v) is 7.72. The number of ether oxygens (including phenoxy) is 2. The number of hydrogen-bond donors (Lipinski definition) is 0. The Kier molecular flexibility index (Phi) is 5.43. The van der Waals surface area contributed by atoms with Gasteiger partial charge in [0.05, 0.1) is 35.6 Å². The second-order valence-electron chi connectivity index (χ2n) is 6.71. The van der Waals surface area contributed by atoms with Gasteiger partial charge in [0.15, 0.2) is 16.3 Å². The number of hydrogen-bond acceptors (Lipinski definition) is 6. The van der Waals surface area contributed by atoms with Crippen LogP contribution in [-0.4, -0.2) is 48.0 Å². The summed E-state index contributed by atoms with van der Waals surface area (Å²) in [7, 11) is 3.09. The van der Waals surface area contributed by atoms with E-state index in [1.54, 1.807) is 44.6 Å². The molecule has 0 saturated carbocycles. The Morgan fingerprint density at radius 3 is 2.29 bits per heavy atom. The van der Waals surface area contributed by atoms with E-state index in [-0.39, 0.29) is 0 Å². The van der Waals surface area contributed by atoms with E-state index in [1.807, 2.05) is 16.7 Å². The van der Waals surface area contributed by atoms with Crippen LogP contribution >= 0.6 is 11.3 Å². The maximum atomic E-state index is 12.7. The molecule has 9 heteroatoms. The number of aromatic nitrogens is 1. The highest BCUT2D eigenvalue weighted by molar-refractivity contribution is 7.16. The molecule has 8 nitrogen and oxygen atoms in total. The van der Waals surface area contributed by atoms with Crippen LogP contribution in [0.3, 0.4) is 0 Å². The van der Waals surface area contributed by atoms with E-state index in [9.17, 15) is 14.4 Å². The maximum absolute atomic E-state index is 12.7. The monoisotopic (exact) mass is 437 g/mol. The number of rotatable bonds is 6. The molecule has 0 saturated heterocycles. The predicted molar refractivity (Wildman–Crippen MR) is 115 cm³/mol. The summed E-state index contributed by atoms with van der Waals surface area (Å²) in [5.74, 6) is -0.471. The maximum Gasteiger partial charge on any atom is 0.268 e. The molecular weight excluding hydrogens is 418 g/mol. The number of benzene rings is 2. The molecule has 0 aliphatic carbocycles. The number of carbonyl (C=O) groups excluding carboxylic acids is 3. The first-order valence-electron chi connectivity index (χ1n) is 9.37. The molecule has 4 rings (SSSR count). The van der Waals surface area contributed by atoms with Gasteiger partial charge in [0.2, 0.25) is 0 Å². The summed E-state index contributed by atoms with van der Waals surface area (Å²) in [6, 6.07) is 10.1. The zero-order chi connectivity index (χ0) is 22.1. The van der Waals surface area contributed by atoms with Crippen molar-refractivity contribution in [1.29, 1.82) is 0 Å². The minimum absolute atomic E-state index is 0.295. The summed E-state index contributed by atoms with van der Waals surface area (Å²) in [6.07, 6.45) is 1.69. The van der Waals surface area contributed by atoms with Gasteiger partial charge in [-0.3, -0.25) is 19.3 Å². The zero-order valence-corrected chi connectivity index (χ0v) is 17.8. The number of carbonyl (C=O) groups is 3. The fraction of sp³-hybridized carbons (Fsp3) is 0.182. The van der Waals surface area contributed by atoms with Gasteiger partial charge in [0.1, 0.15) is 6.54 Å². The van der Waals surface area contributed by atoms with Crippen molar-refractivity contribution in [3.63, 3.8) is 0 Å². The lowest BCUT2D eigenvalue weighted by atomic mass is 10.1. The largest absolute Gasteiger partial charge is 0.493 e. The molecule has 1 aliphatic rings. The number of allylic oxidation sites excluding steroid dienone is 1. The van der Waals surface area contributed by atoms with Gasteiger partial charge in [-0.05, 0) is 12.1 Å². The molecule has 0 unspecified atom stereocenters. The van der Waals surface area contributed by atoms with Crippen LogP contribution in [0.25, 0.3) is 10.2 Å². The lowest BCUT2D eigenvalue weighted by molar-refractivity contribution is -0.118. The van der Waals surface area contributed by atoms with Crippen LogP contribution in [0.4, 0.5) is 0 Å². The van der Waals surface area contributed by atoms with Gasteiger partial charge in [-0.2, -0.15) is 4.99 Å². The summed E-state index contributed by atoms with van der Waals surface area (Å²) >= 11 is 1.29. The molecule has 0 N–H and O–H groups in total. The van der Waals surface area contributed by atoms with Crippen molar-refractivity contribution in [2.75, 3.05) is 20.8 Å². The summed E-state index contributed by atoms with van der Waals surface area (Å²) in [5.41, 5.74) is 1.39. The number of nitrogens with zero attached hydrogens (tertiary/aromatic N) is 3. The van der Waals surface area contributed by atoms with Crippen molar-refractivity contribution in [1.82, 2.24) is 9.47 Å². The van der Waals surface area contributed by atoms with Crippen molar-refractivity contribution in [3.8, 4) is 11.5 Å². The average Bonchev–Trinajstić information content (AvgIpc) is 3.22. The highest BCUT2D eigenvalue weighted by Crippen LogP contribution is 2.33. The number of thiazole rings is 1. The van der Waals surface area contributed by atoms with Gasteiger partial charge in [0.25, 0.3) is 17.7 Å². The molecule has 0 bridgehead atoms. The van der Waals surface area contributed by atoms with E-state index in [4.69, 9.17) is 9.47 Å². The van der Waals surface area contributed by atoms with Crippen molar-refractivity contribution >= 4 is 39.3 Å². The first-order chi connectivity index (χ1) is 15.0. The third-order valence-corrected chi connectivity index (χ3v) is 5.93. The minimum atomic E-state index is -0.599. The Morgan fingerprint density at radius 2 is 1.71 bits per heavy atom. The summed E-state index contributed by atoms with van der Waals surface area (Å²) in [4.78, 5) is 43.3. The van der Waals surface area contributed by atoms with Crippen LogP contribution in [0, 0.1) is 0 Å². The van der Waals surface area contributed by atoms with Crippen LogP contribution in [0.5, 0.6) is 11.5 Å². The Morgan fingerprint density at radius 1 is 1.10 bits per heavy atom. The average molecular weight is 437 g/mol. The molecular formula is C22H19N3O5S. The normalized spacial score (nSPS) is 13.6. The quantitative estimate of drug-likeness (QED) is 0.437. The van der Waals surface area contributed by atoms with Crippen molar-refractivity contribution in [2.24, 2.45) is 4.99 Å². The number of methoxy groups -OCH3 is 2. The van der Waals surface area contributed by atoms with Crippen LogP contribution in [0.2, 0.25) is 0 Å². The Labute approximate surface area is 181 Å². The molecule has 0 fully saturated rings. The van der Waals surface area contributed by atoms with Crippen LogP contribution in [0.15, 0.2) is 54.0 Å². The third kappa shape index (κ3) is 3.53. The van der Waals surface area contributed by atoms with E-state index in [2.05, 4.69) is 11.6 Å². The smallest absolute Gasteiger partial charge is 0.268 e. The van der Waals surface area contributed by atoms with Gasteiger partial charge in [0, 0.05) is 18.7 Å². The Bertz CT molecular complexity index is 1270. The van der Waals surface area contributed by atoms with Gasteiger partial charge in [-0.15, -0.1) is 6.58 Å². The molecule has 1 aliphatic heterocycles. The summed E-state index contributed by atoms with van der Waals surface area (Å²) in [5, 5.41) is 0. The van der Waals surface area contributed by atoms with E-state index in [0.717, 1.165) is 15.1 Å². The van der Waals surface area contributed by atoms with Crippen molar-refractivity contribution in [3.05, 3.63) is 65.0 Å². The molecule has 0 radical (unpaired) electrons. The Balaban J connectivity index is 1.71. The predicted octanol–water partition coefficient (Wildman–Crippen LogP) is 2.63. The third-order valence-electron chi connectivity index (χ3n) is 4.89. The fourth-order valence-corrected chi connectivity index (χ4v) is 4.51. The second kappa shape index (κ2) is 8.19. The SMILES string of the molecule is C=CCn1c(=NC(=O)CN2C(=O)c3ccccc3C2=O)sc2cc(OC)c(OC)cc21. The number of imide groups is 1. The van der Waals surface area contributed by atoms with E-state index >= 15 is 0 Å². The molecule has 31 heavy (non-hydrogen) atoms. The first-order valence-corrected chi connectivity index (χ1v) is 10.2.